The molecule has 0 aromatic heterocycles. The molecule has 2 nitrogen and oxygen atoms in total. The van der Waals surface area contributed by atoms with Gasteiger partial charge in [0, 0.05) is 17.5 Å². The molecule has 1 aromatic rings. The minimum atomic E-state index is 0.0105. The summed E-state index contributed by atoms with van der Waals surface area (Å²) < 4.78 is 0. The maximum absolute atomic E-state index is 7.61. The molecule has 6 aliphatic carbocycles. The van der Waals surface area contributed by atoms with E-state index in [1.165, 1.54) is 56.9 Å². The Balaban J connectivity index is 1.31. The molecule has 2 atom stereocenters. The number of rotatable bonds is 5. The number of hydrogen-bond acceptors (Lipinski definition) is 2. The Bertz CT molecular complexity index is 826. The third kappa shape index (κ3) is 3.49. The highest BCUT2D eigenvalue weighted by Crippen LogP contribution is 2.72. The van der Waals surface area contributed by atoms with Crippen LogP contribution in [0.3, 0.4) is 0 Å². The molecule has 6 aliphatic rings. The number of hydrogen-bond donors (Lipinski definition) is 2. The Hall–Kier alpha value is -0.640. The van der Waals surface area contributed by atoms with Crippen molar-refractivity contribution in [2.75, 3.05) is 0 Å². The second-order valence-electron chi connectivity index (χ2n) is 12.0. The van der Waals surface area contributed by atoms with Gasteiger partial charge >= 0.3 is 0 Å². The highest BCUT2D eigenvalue weighted by Gasteiger charge is 2.68. The van der Waals surface area contributed by atoms with Crippen LogP contribution in [0.15, 0.2) is 30.3 Å². The lowest BCUT2D eigenvalue weighted by Gasteiger charge is -2.68. The van der Waals surface area contributed by atoms with Crippen molar-refractivity contribution in [3.8, 4) is 0 Å². The largest absolute Gasteiger partial charge is 0.376 e. The Morgan fingerprint density at radius 1 is 0.968 bits per heavy atom. The summed E-state index contributed by atoms with van der Waals surface area (Å²) in [7, 11) is 0. The smallest absolute Gasteiger partial charge is 0.0818 e. The lowest BCUT2D eigenvalue weighted by Crippen LogP contribution is -2.66. The first-order valence-electron chi connectivity index (χ1n) is 12.7. The number of nitrogens with two attached hydrogens (primary N) is 1. The number of thiocarbonyl (C=S) groups is 1. The van der Waals surface area contributed by atoms with Crippen LogP contribution in [0.4, 0.5) is 0 Å². The van der Waals surface area contributed by atoms with Crippen molar-refractivity contribution in [3.63, 3.8) is 0 Å². The van der Waals surface area contributed by atoms with Gasteiger partial charge in [-0.15, -0.1) is 11.6 Å². The third-order valence-electron chi connectivity index (χ3n) is 9.86. The number of benzene rings is 1. The van der Waals surface area contributed by atoms with Crippen LogP contribution in [0.2, 0.25) is 0 Å². The summed E-state index contributed by atoms with van der Waals surface area (Å²) in [5.41, 5.74) is 8.08. The number of nitrogens with one attached hydrogen (secondary N) is 1. The van der Waals surface area contributed by atoms with E-state index in [1.807, 2.05) is 0 Å². The SMILES string of the molecule is NC1CCC(NC(=S)C23CC4CC(c5ccccc5)(CC(C2)C4(Cl)CC2CC2)C3)CC1. The fraction of sp³-hybridized carbons (Fsp3) is 0.741. The summed E-state index contributed by atoms with van der Waals surface area (Å²) in [6.07, 6.45) is 14.7. The molecule has 4 bridgehead atoms. The van der Waals surface area contributed by atoms with E-state index < -0.39 is 0 Å². The van der Waals surface area contributed by atoms with Gasteiger partial charge in [-0.2, -0.15) is 0 Å². The number of halogens is 1. The predicted molar refractivity (Wildman–Crippen MR) is 133 cm³/mol. The van der Waals surface area contributed by atoms with Crippen molar-refractivity contribution in [1.82, 2.24) is 5.32 Å². The van der Waals surface area contributed by atoms with Gasteiger partial charge in [0.1, 0.15) is 0 Å². The van der Waals surface area contributed by atoms with Gasteiger partial charge in [-0.3, -0.25) is 0 Å². The first-order valence-corrected chi connectivity index (χ1v) is 13.5. The Morgan fingerprint density at radius 2 is 1.61 bits per heavy atom. The Kier molecular flexibility index (Phi) is 5.02. The van der Waals surface area contributed by atoms with Crippen LogP contribution < -0.4 is 11.1 Å². The summed E-state index contributed by atoms with van der Waals surface area (Å²) >= 11 is 13.9. The Labute approximate surface area is 198 Å². The summed E-state index contributed by atoms with van der Waals surface area (Å²) in [6.45, 7) is 0. The summed E-state index contributed by atoms with van der Waals surface area (Å²) in [5.74, 6) is 2.07. The van der Waals surface area contributed by atoms with Gasteiger partial charge in [0.15, 0.2) is 0 Å². The van der Waals surface area contributed by atoms with Crippen LogP contribution >= 0.6 is 23.8 Å². The zero-order valence-electron chi connectivity index (χ0n) is 18.6. The average molecular weight is 457 g/mol. The molecular weight excluding hydrogens is 420 g/mol. The van der Waals surface area contributed by atoms with Crippen LogP contribution in [0.5, 0.6) is 0 Å². The molecule has 0 saturated heterocycles. The standard InChI is InChI=1S/C27H37ClN2S/c28-27(12-18-6-7-18)20-13-25(19-4-2-1-3-5-19)14-21(27)16-26(15-20,17-25)24(31)30-23-10-8-22(29)9-11-23/h1-5,18,20-23H,6-17,29H2,(H,30,31). The van der Waals surface area contributed by atoms with Crippen LogP contribution in [-0.4, -0.2) is 21.9 Å². The molecule has 7 rings (SSSR count). The van der Waals surface area contributed by atoms with Crippen LogP contribution in [0, 0.1) is 23.2 Å². The van der Waals surface area contributed by atoms with Crippen LogP contribution in [0.25, 0.3) is 0 Å². The summed E-state index contributed by atoms with van der Waals surface area (Å²) in [5, 5.41) is 3.88. The van der Waals surface area contributed by atoms with E-state index in [9.17, 15) is 0 Å². The molecule has 0 aliphatic heterocycles. The molecule has 0 amide bonds. The maximum atomic E-state index is 7.61. The van der Waals surface area contributed by atoms with Gasteiger partial charge in [0.25, 0.3) is 0 Å². The Morgan fingerprint density at radius 3 is 2.23 bits per heavy atom. The molecule has 31 heavy (non-hydrogen) atoms. The zero-order chi connectivity index (χ0) is 21.3. The van der Waals surface area contributed by atoms with E-state index in [0.717, 1.165) is 36.6 Å². The van der Waals surface area contributed by atoms with Crippen molar-refractivity contribution < 1.29 is 0 Å². The van der Waals surface area contributed by atoms with E-state index in [1.54, 1.807) is 0 Å². The van der Waals surface area contributed by atoms with Crippen molar-refractivity contribution in [2.45, 2.75) is 99.4 Å². The van der Waals surface area contributed by atoms with Gasteiger partial charge in [-0.1, -0.05) is 55.4 Å². The highest BCUT2D eigenvalue weighted by atomic mass is 35.5. The second kappa shape index (κ2) is 7.43. The molecule has 0 heterocycles. The molecule has 0 radical (unpaired) electrons. The topological polar surface area (TPSA) is 38.0 Å². The maximum Gasteiger partial charge on any atom is 0.0818 e. The van der Waals surface area contributed by atoms with E-state index in [-0.39, 0.29) is 15.7 Å². The minimum Gasteiger partial charge on any atom is -0.376 e. The molecule has 168 valence electrons. The van der Waals surface area contributed by atoms with Crippen LogP contribution in [-0.2, 0) is 5.41 Å². The van der Waals surface area contributed by atoms with Crippen molar-refractivity contribution in [3.05, 3.63) is 35.9 Å². The third-order valence-corrected chi connectivity index (χ3v) is 11.2. The molecule has 2 unspecified atom stereocenters. The molecule has 1 aromatic carbocycles. The van der Waals surface area contributed by atoms with Crippen molar-refractivity contribution in [1.29, 1.82) is 0 Å². The second-order valence-corrected chi connectivity index (χ2v) is 13.1. The zero-order valence-corrected chi connectivity index (χ0v) is 20.2. The molecule has 6 saturated carbocycles. The fourth-order valence-electron chi connectivity index (χ4n) is 8.24. The monoisotopic (exact) mass is 456 g/mol. The van der Waals surface area contributed by atoms with Crippen molar-refractivity contribution >= 4 is 28.8 Å². The average Bonchev–Trinajstić information content (AvgIpc) is 3.58. The fourth-order valence-corrected chi connectivity index (χ4v) is 9.17. The molecular formula is C27H37ClN2S. The lowest BCUT2D eigenvalue weighted by atomic mass is 9.39. The first-order chi connectivity index (χ1) is 14.9. The highest BCUT2D eigenvalue weighted by molar-refractivity contribution is 7.80. The van der Waals surface area contributed by atoms with Gasteiger partial charge < -0.3 is 11.1 Å². The van der Waals surface area contributed by atoms with E-state index in [0.29, 0.717) is 23.9 Å². The lowest BCUT2D eigenvalue weighted by molar-refractivity contribution is -0.0715. The normalized spacial score (nSPS) is 46.1. The van der Waals surface area contributed by atoms with Gasteiger partial charge in [-0.25, -0.2) is 0 Å². The van der Waals surface area contributed by atoms with Gasteiger partial charge in [0.05, 0.1) is 9.86 Å². The van der Waals surface area contributed by atoms with E-state index >= 15 is 0 Å². The summed E-state index contributed by atoms with van der Waals surface area (Å²) in [4.78, 5) is 1.17. The quantitative estimate of drug-likeness (QED) is 0.415. The first kappa shape index (κ1) is 20.9. The molecule has 6 fully saturated rings. The number of alkyl halides is 1. The predicted octanol–water partition coefficient (Wildman–Crippen LogP) is 6.10. The van der Waals surface area contributed by atoms with Gasteiger partial charge in [0.2, 0.25) is 0 Å². The van der Waals surface area contributed by atoms with E-state index in [2.05, 4.69) is 35.6 Å². The minimum absolute atomic E-state index is 0.0105. The molecule has 4 heteroatoms. The molecule has 3 N–H and O–H groups in total. The summed E-state index contributed by atoms with van der Waals surface area (Å²) in [6, 6.07) is 12.2. The van der Waals surface area contributed by atoms with E-state index in [4.69, 9.17) is 29.6 Å². The molecule has 0 spiro atoms. The van der Waals surface area contributed by atoms with Gasteiger partial charge in [-0.05, 0) is 92.9 Å². The van der Waals surface area contributed by atoms with Crippen LogP contribution in [0.1, 0.15) is 82.6 Å². The van der Waals surface area contributed by atoms with Crippen molar-refractivity contribution in [2.24, 2.45) is 28.9 Å².